The molecule has 37 heavy (non-hydrogen) atoms. The molecule has 4 rings (SSSR count). The summed E-state index contributed by atoms with van der Waals surface area (Å²) in [6.07, 6.45) is 2.38. The van der Waals surface area contributed by atoms with Crippen LogP contribution in [0.3, 0.4) is 0 Å². The van der Waals surface area contributed by atoms with Crippen LogP contribution in [0.5, 0.6) is 11.5 Å². The van der Waals surface area contributed by atoms with E-state index in [1.54, 1.807) is 0 Å². The number of carbonyl (C=O) groups excluding carboxylic acids is 2. The van der Waals surface area contributed by atoms with Crippen molar-refractivity contribution in [3.63, 3.8) is 0 Å². The van der Waals surface area contributed by atoms with E-state index >= 15 is 0 Å². The number of carbonyl (C=O) groups is 3. The van der Waals surface area contributed by atoms with Crippen LogP contribution in [-0.2, 0) is 14.4 Å². The van der Waals surface area contributed by atoms with E-state index in [1.165, 1.54) is 0 Å². The number of aliphatic carboxylic acids is 1. The van der Waals surface area contributed by atoms with E-state index in [9.17, 15) is 14.4 Å². The summed E-state index contributed by atoms with van der Waals surface area (Å²) >= 11 is 2.11. The highest BCUT2D eigenvalue weighted by molar-refractivity contribution is 14.1. The number of halogens is 1. The lowest BCUT2D eigenvalue weighted by Gasteiger charge is -2.49. The van der Waals surface area contributed by atoms with Gasteiger partial charge < -0.3 is 19.5 Å². The van der Waals surface area contributed by atoms with E-state index in [0.717, 1.165) is 29.8 Å². The highest BCUT2D eigenvalue weighted by Gasteiger charge is 2.48. The predicted molar refractivity (Wildman–Crippen MR) is 149 cm³/mol. The van der Waals surface area contributed by atoms with Gasteiger partial charge in [0.1, 0.15) is 0 Å². The first kappa shape index (κ1) is 27.7. The normalized spacial score (nSPS) is 21.1. The number of carboxylic acids is 1. The average Bonchev–Trinajstić information content (AvgIpc) is 2.75. The molecule has 0 saturated carbocycles. The van der Waals surface area contributed by atoms with Gasteiger partial charge in [-0.2, -0.15) is 0 Å². The van der Waals surface area contributed by atoms with Crippen molar-refractivity contribution in [2.45, 2.75) is 73.1 Å². The smallest absolute Gasteiger partial charge is 0.341 e. The van der Waals surface area contributed by atoms with Crippen LogP contribution in [0.4, 0.5) is 0 Å². The molecule has 1 aromatic rings. The third kappa shape index (κ3) is 5.31. The number of nitrogens with zero attached hydrogens (tertiary/aromatic N) is 1. The number of ketones is 2. The van der Waals surface area contributed by atoms with E-state index in [0.29, 0.717) is 52.2 Å². The molecule has 1 aromatic carbocycles. The van der Waals surface area contributed by atoms with Gasteiger partial charge in [0.15, 0.2) is 29.7 Å². The second-order valence-electron chi connectivity index (χ2n) is 11.7. The molecular formula is C29H36INO6. The quantitative estimate of drug-likeness (QED) is 0.382. The molecule has 0 saturated heterocycles. The van der Waals surface area contributed by atoms with Gasteiger partial charge >= 0.3 is 5.97 Å². The molecule has 0 spiro atoms. The Labute approximate surface area is 232 Å². The second kappa shape index (κ2) is 10.1. The number of hydrogen-bond acceptors (Lipinski definition) is 6. The number of carboxylic acid groups (broad SMARTS) is 1. The molecule has 0 amide bonds. The molecular weight excluding hydrogens is 585 g/mol. The predicted octanol–water partition coefficient (Wildman–Crippen LogP) is 5.86. The van der Waals surface area contributed by atoms with Crippen LogP contribution < -0.4 is 9.47 Å². The van der Waals surface area contributed by atoms with Crippen LogP contribution in [0.2, 0.25) is 0 Å². The fraction of sp³-hybridized carbons (Fsp3) is 0.552. The van der Waals surface area contributed by atoms with Crippen molar-refractivity contribution >= 4 is 40.1 Å². The van der Waals surface area contributed by atoms with Crippen LogP contribution >= 0.6 is 22.6 Å². The monoisotopic (exact) mass is 621 g/mol. The standard InChI is InChI=1S/C29H36INO6/c1-7-31-18-11-28(3,4)13-20(32)25(18)24(26-19(31)12-29(5,6)14-21(26)33)16-9-17(30)27(37-15-23(34)35)22(10-16)36-8-2/h9-10,24H,7-8,11-15H2,1-6H3,(H,34,35). The molecule has 8 heteroatoms. The summed E-state index contributed by atoms with van der Waals surface area (Å²) in [7, 11) is 0. The second-order valence-corrected chi connectivity index (χ2v) is 12.9. The van der Waals surface area contributed by atoms with Crippen molar-refractivity contribution in [1.82, 2.24) is 4.90 Å². The first-order valence-electron chi connectivity index (χ1n) is 12.9. The molecule has 1 heterocycles. The van der Waals surface area contributed by atoms with E-state index in [4.69, 9.17) is 14.6 Å². The van der Waals surface area contributed by atoms with Gasteiger partial charge in [0.25, 0.3) is 0 Å². The van der Waals surface area contributed by atoms with Crippen LogP contribution in [0.15, 0.2) is 34.7 Å². The summed E-state index contributed by atoms with van der Waals surface area (Å²) in [5, 5.41) is 9.13. The van der Waals surface area contributed by atoms with Crippen LogP contribution in [0, 0.1) is 14.4 Å². The van der Waals surface area contributed by atoms with Gasteiger partial charge in [-0.3, -0.25) is 9.59 Å². The number of benzene rings is 1. The molecule has 1 N–H and O–H groups in total. The Balaban J connectivity index is 1.97. The van der Waals surface area contributed by atoms with E-state index in [1.807, 2.05) is 19.1 Å². The minimum absolute atomic E-state index is 0.0815. The largest absolute Gasteiger partial charge is 0.490 e. The molecule has 1 aliphatic heterocycles. The van der Waals surface area contributed by atoms with Crippen molar-refractivity contribution in [3.8, 4) is 11.5 Å². The summed E-state index contributed by atoms with van der Waals surface area (Å²) in [5.41, 5.74) is 3.94. The van der Waals surface area contributed by atoms with Crippen molar-refractivity contribution in [3.05, 3.63) is 43.8 Å². The van der Waals surface area contributed by atoms with Gasteiger partial charge in [0, 0.05) is 47.8 Å². The number of hydrogen-bond donors (Lipinski definition) is 1. The molecule has 0 aromatic heterocycles. The minimum atomic E-state index is -1.08. The number of allylic oxidation sites excluding steroid dienone is 4. The van der Waals surface area contributed by atoms with Crippen LogP contribution in [-0.4, -0.2) is 47.3 Å². The van der Waals surface area contributed by atoms with Gasteiger partial charge in [-0.1, -0.05) is 27.7 Å². The molecule has 3 aliphatic rings. The van der Waals surface area contributed by atoms with E-state index in [2.05, 4.69) is 62.1 Å². The summed E-state index contributed by atoms with van der Waals surface area (Å²) in [4.78, 5) is 41.0. The van der Waals surface area contributed by atoms with Gasteiger partial charge in [-0.25, -0.2) is 4.79 Å². The average molecular weight is 622 g/mol. The highest BCUT2D eigenvalue weighted by atomic mass is 127. The Morgan fingerprint density at radius 3 is 1.97 bits per heavy atom. The summed E-state index contributed by atoms with van der Waals surface area (Å²) in [6, 6.07) is 3.73. The lowest BCUT2D eigenvalue weighted by Crippen LogP contribution is -2.44. The van der Waals surface area contributed by atoms with Gasteiger partial charge in [-0.15, -0.1) is 0 Å². The maximum Gasteiger partial charge on any atom is 0.341 e. The Bertz CT molecular complexity index is 1170. The van der Waals surface area contributed by atoms with Gasteiger partial charge in [-0.05, 0) is 77.8 Å². The zero-order chi connectivity index (χ0) is 27.3. The van der Waals surface area contributed by atoms with E-state index < -0.39 is 18.5 Å². The molecule has 0 radical (unpaired) electrons. The molecule has 200 valence electrons. The fourth-order valence-corrected chi connectivity index (χ4v) is 6.84. The zero-order valence-corrected chi connectivity index (χ0v) is 24.7. The topological polar surface area (TPSA) is 93.1 Å². The maximum atomic E-state index is 13.8. The fourth-order valence-electron chi connectivity index (χ4n) is 6.05. The van der Waals surface area contributed by atoms with Crippen LogP contribution in [0.25, 0.3) is 0 Å². The van der Waals surface area contributed by atoms with Gasteiger partial charge in [0.2, 0.25) is 0 Å². The summed E-state index contributed by atoms with van der Waals surface area (Å²) < 4.78 is 12.1. The maximum absolute atomic E-state index is 13.8. The van der Waals surface area contributed by atoms with Crippen molar-refractivity contribution in [1.29, 1.82) is 0 Å². The number of ether oxygens (including phenoxy) is 2. The van der Waals surface area contributed by atoms with Crippen molar-refractivity contribution in [2.24, 2.45) is 10.8 Å². The Kier molecular flexibility index (Phi) is 7.53. The summed E-state index contributed by atoms with van der Waals surface area (Å²) in [6.45, 7) is 13.0. The van der Waals surface area contributed by atoms with Crippen LogP contribution in [0.1, 0.15) is 78.7 Å². The lowest BCUT2D eigenvalue weighted by molar-refractivity contribution is -0.139. The summed E-state index contributed by atoms with van der Waals surface area (Å²) in [5.74, 6) is -0.627. The lowest BCUT2D eigenvalue weighted by atomic mass is 9.63. The Hall–Kier alpha value is -2.36. The molecule has 0 fully saturated rings. The molecule has 2 aliphatic carbocycles. The third-order valence-corrected chi connectivity index (χ3v) is 8.14. The molecule has 0 bridgehead atoms. The first-order chi connectivity index (χ1) is 17.3. The molecule has 7 nitrogen and oxygen atoms in total. The number of rotatable bonds is 7. The molecule has 0 atom stereocenters. The molecule has 0 unspecified atom stereocenters. The van der Waals surface area contributed by atoms with E-state index in [-0.39, 0.29) is 22.4 Å². The van der Waals surface area contributed by atoms with Crippen molar-refractivity contribution < 1.29 is 29.0 Å². The van der Waals surface area contributed by atoms with Crippen molar-refractivity contribution in [2.75, 3.05) is 19.8 Å². The van der Waals surface area contributed by atoms with Gasteiger partial charge in [0.05, 0.1) is 10.2 Å². The third-order valence-electron chi connectivity index (χ3n) is 7.34. The number of Topliss-reactive ketones (excluding diaryl/α,β-unsaturated/α-hetero) is 2. The Morgan fingerprint density at radius 1 is 0.973 bits per heavy atom. The first-order valence-corrected chi connectivity index (χ1v) is 14.0. The Morgan fingerprint density at radius 2 is 1.51 bits per heavy atom. The zero-order valence-electron chi connectivity index (χ0n) is 22.5. The highest BCUT2D eigenvalue weighted by Crippen LogP contribution is 2.55. The minimum Gasteiger partial charge on any atom is -0.490 e. The SMILES string of the molecule is CCOc1cc(C2C3=C(CC(C)(C)CC3=O)N(CC)C3=C2C(=O)CC(C)(C)C3)cc(I)c1OCC(=O)O.